The summed E-state index contributed by atoms with van der Waals surface area (Å²) < 4.78 is 6.02. The summed E-state index contributed by atoms with van der Waals surface area (Å²) in [6, 6.07) is 15.8. The number of nitrogens with one attached hydrogen (secondary N) is 2. The van der Waals surface area contributed by atoms with E-state index in [-0.39, 0.29) is 11.8 Å². The van der Waals surface area contributed by atoms with Crippen molar-refractivity contribution in [3.63, 3.8) is 0 Å². The van der Waals surface area contributed by atoms with Crippen molar-refractivity contribution < 1.29 is 14.3 Å². The summed E-state index contributed by atoms with van der Waals surface area (Å²) in [4.78, 5) is 25.3. The molecule has 2 aromatic carbocycles. The van der Waals surface area contributed by atoms with Crippen LogP contribution < -0.4 is 15.4 Å². The number of rotatable bonds is 5. The van der Waals surface area contributed by atoms with Crippen LogP contribution in [0.3, 0.4) is 0 Å². The van der Waals surface area contributed by atoms with E-state index >= 15 is 0 Å². The third-order valence-electron chi connectivity index (χ3n) is 3.53. The molecule has 0 saturated carbocycles. The Balaban J connectivity index is 1.75. The molecule has 1 heterocycles. The van der Waals surface area contributed by atoms with Crippen LogP contribution in [0.5, 0.6) is 5.75 Å². The standard InChI is InChI=1S/C19H15BrN2O3S/c1-25-16-8-7-12(20)10-15(16)18(23)21-13-4-2-5-14(11-13)22-19(24)17-6-3-9-26-17/h2-11H,1H3,(H,21,23)(H,22,24). The molecule has 0 unspecified atom stereocenters. The van der Waals surface area contributed by atoms with E-state index in [1.54, 1.807) is 48.5 Å². The van der Waals surface area contributed by atoms with Crippen molar-refractivity contribution in [1.82, 2.24) is 0 Å². The minimum atomic E-state index is -0.301. The molecule has 0 spiro atoms. The van der Waals surface area contributed by atoms with Crippen molar-refractivity contribution in [2.45, 2.75) is 0 Å². The van der Waals surface area contributed by atoms with E-state index in [9.17, 15) is 9.59 Å². The van der Waals surface area contributed by atoms with Gasteiger partial charge in [0.15, 0.2) is 0 Å². The number of carbonyl (C=O) groups is 2. The van der Waals surface area contributed by atoms with Gasteiger partial charge in [-0.1, -0.05) is 28.1 Å². The zero-order valence-corrected chi connectivity index (χ0v) is 16.2. The van der Waals surface area contributed by atoms with Crippen LogP contribution in [0.2, 0.25) is 0 Å². The molecule has 5 nitrogen and oxygen atoms in total. The first-order valence-corrected chi connectivity index (χ1v) is 9.34. The number of hydrogen-bond acceptors (Lipinski definition) is 4. The smallest absolute Gasteiger partial charge is 0.265 e. The summed E-state index contributed by atoms with van der Waals surface area (Å²) >= 11 is 4.72. The first-order chi connectivity index (χ1) is 12.6. The lowest BCUT2D eigenvalue weighted by atomic mass is 10.1. The molecule has 132 valence electrons. The van der Waals surface area contributed by atoms with Gasteiger partial charge in [-0.05, 0) is 47.8 Å². The van der Waals surface area contributed by atoms with Crippen molar-refractivity contribution in [3.8, 4) is 5.75 Å². The molecule has 3 aromatic rings. The average molecular weight is 431 g/mol. The highest BCUT2D eigenvalue weighted by Gasteiger charge is 2.14. The predicted molar refractivity (Wildman–Crippen MR) is 107 cm³/mol. The van der Waals surface area contributed by atoms with Crippen molar-refractivity contribution >= 4 is 50.5 Å². The Labute approximate surface area is 163 Å². The molecule has 2 amide bonds. The van der Waals surface area contributed by atoms with E-state index < -0.39 is 0 Å². The van der Waals surface area contributed by atoms with E-state index in [1.807, 2.05) is 11.4 Å². The maximum Gasteiger partial charge on any atom is 0.265 e. The summed E-state index contributed by atoms with van der Waals surface area (Å²) in [5, 5.41) is 7.48. The van der Waals surface area contributed by atoms with Crippen LogP contribution in [0.25, 0.3) is 0 Å². The Morgan fingerprint density at radius 3 is 2.35 bits per heavy atom. The maximum absolute atomic E-state index is 12.6. The first kappa shape index (κ1) is 18.2. The third kappa shape index (κ3) is 4.30. The van der Waals surface area contributed by atoms with Crippen LogP contribution in [-0.2, 0) is 0 Å². The average Bonchev–Trinajstić information content (AvgIpc) is 3.17. The van der Waals surface area contributed by atoms with Crippen molar-refractivity contribution in [2.75, 3.05) is 17.7 Å². The van der Waals surface area contributed by atoms with Crippen LogP contribution in [-0.4, -0.2) is 18.9 Å². The van der Waals surface area contributed by atoms with E-state index in [4.69, 9.17) is 4.74 Å². The van der Waals surface area contributed by atoms with E-state index in [1.165, 1.54) is 18.4 Å². The van der Waals surface area contributed by atoms with Gasteiger partial charge in [0.25, 0.3) is 11.8 Å². The molecule has 3 rings (SSSR count). The van der Waals surface area contributed by atoms with Crippen LogP contribution >= 0.6 is 27.3 Å². The van der Waals surface area contributed by atoms with Gasteiger partial charge in [-0.25, -0.2) is 0 Å². The molecule has 0 aliphatic heterocycles. The molecule has 0 bridgehead atoms. The van der Waals surface area contributed by atoms with Crippen molar-refractivity contribution in [2.24, 2.45) is 0 Å². The maximum atomic E-state index is 12.6. The Hall–Kier alpha value is -2.64. The number of methoxy groups -OCH3 is 1. The topological polar surface area (TPSA) is 67.4 Å². The summed E-state index contributed by atoms with van der Waals surface area (Å²) in [7, 11) is 1.51. The zero-order chi connectivity index (χ0) is 18.5. The Bertz CT molecular complexity index is 942. The second kappa shape index (κ2) is 8.16. The van der Waals surface area contributed by atoms with Crippen LogP contribution in [0.15, 0.2) is 64.5 Å². The highest BCUT2D eigenvalue weighted by atomic mass is 79.9. The fourth-order valence-corrected chi connectivity index (χ4v) is 3.31. The lowest BCUT2D eigenvalue weighted by molar-refractivity contribution is 0.101. The number of thiophene rings is 1. The molecule has 1 aromatic heterocycles. The first-order valence-electron chi connectivity index (χ1n) is 7.66. The van der Waals surface area contributed by atoms with Gasteiger partial charge < -0.3 is 15.4 Å². The van der Waals surface area contributed by atoms with Crippen molar-refractivity contribution in [1.29, 1.82) is 0 Å². The van der Waals surface area contributed by atoms with Crippen LogP contribution in [0.1, 0.15) is 20.0 Å². The zero-order valence-electron chi connectivity index (χ0n) is 13.8. The van der Waals surface area contributed by atoms with Crippen LogP contribution in [0, 0.1) is 0 Å². The predicted octanol–water partition coefficient (Wildman–Crippen LogP) is 5.02. The fourth-order valence-electron chi connectivity index (χ4n) is 2.33. The van der Waals surface area contributed by atoms with Gasteiger partial charge in [0.2, 0.25) is 0 Å². The van der Waals surface area contributed by atoms with Gasteiger partial charge in [-0.15, -0.1) is 11.3 Å². The number of ether oxygens (including phenoxy) is 1. The van der Waals surface area contributed by atoms with Gasteiger partial charge in [-0.3, -0.25) is 9.59 Å². The SMILES string of the molecule is COc1ccc(Br)cc1C(=O)Nc1cccc(NC(=O)c2cccs2)c1. The number of halogens is 1. The molecule has 26 heavy (non-hydrogen) atoms. The molecule has 2 N–H and O–H groups in total. The molecule has 0 aliphatic carbocycles. The lowest BCUT2D eigenvalue weighted by Gasteiger charge is -2.11. The van der Waals surface area contributed by atoms with Gasteiger partial charge in [0, 0.05) is 15.8 Å². The number of benzene rings is 2. The Morgan fingerprint density at radius 2 is 1.69 bits per heavy atom. The molecular formula is C19H15BrN2O3S. The van der Waals surface area contributed by atoms with Crippen LogP contribution in [0.4, 0.5) is 11.4 Å². The fraction of sp³-hybridized carbons (Fsp3) is 0.0526. The number of carbonyl (C=O) groups excluding carboxylic acids is 2. The molecule has 0 atom stereocenters. The Morgan fingerprint density at radius 1 is 0.962 bits per heavy atom. The van der Waals surface area contributed by atoms with Gasteiger partial charge in [-0.2, -0.15) is 0 Å². The molecule has 7 heteroatoms. The molecular weight excluding hydrogens is 416 g/mol. The molecule has 0 radical (unpaired) electrons. The minimum absolute atomic E-state index is 0.183. The van der Waals surface area contributed by atoms with E-state index in [0.29, 0.717) is 27.6 Å². The summed E-state index contributed by atoms with van der Waals surface area (Å²) in [6.45, 7) is 0. The van der Waals surface area contributed by atoms with Gasteiger partial charge in [0.05, 0.1) is 17.6 Å². The monoisotopic (exact) mass is 430 g/mol. The molecule has 0 aliphatic rings. The third-order valence-corrected chi connectivity index (χ3v) is 4.89. The quantitative estimate of drug-likeness (QED) is 0.596. The number of hydrogen-bond donors (Lipinski definition) is 2. The highest BCUT2D eigenvalue weighted by Crippen LogP contribution is 2.25. The number of anilines is 2. The van der Waals surface area contributed by atoms with E-state index in [0.717, 1.165) is 4.47 Å². The second-order valence-electron chi connectivity index (χ2n) is 5.31. The van der Waals surface area contributed by atoms with Crippen molar-refractivity contribution in [3.05, 3.63) is 74.9 Å². The number of amides is 2. The highest BCUT2D eigenvalue weighted by molar-refractivity contribution is 9.10. The van der Waals surface area contributed by atoms with Gasteiger partial charge >= 0.3 is 0 Å². The molecule has 0 saturated heterocycles. The van der Waals surface area contributed by atoms with Gasteiger partial charge in [0.1, 0.15) is 5.75 Å². The van der Waals surface area contributed by atoms with E-state index in [2.05, 4.69) is 26.6 Å². The summed E-state index contributed by atoms with van der Waals surface area (Å²) in [6.07, 6.45) is 0. The normalized spacial score (nSPS) is 10.2. The summed E-state index contributed by atoms with van der Waals surface area (Å²) in [5.74, 6) is -0.00475. The summed E-state index contributed by atoms with van der Waals surface area (Å²) in [5.41, 5.74) is 1.58. The largest absolute Gasteiger partial charge is 0.496 e. The minimum Gasteiger partial charge on any atom is -0.496 e. The molecule has 0 fully saturated rings. The second-order valence-corrected chi connectivity index (χ2v) is 7.17. The lowest BCUT2D eigenvalue weighted by Crippen LogP contribution is -2.14. The Kier molecular flexibility index (Phi) is 5.70.